The van der Waals surface area contributed by atoms with Crippen LogP contribution in [0, 0.1) is 10.1 Å². The Morgan fingerprint density at radius 2 is 1.87 bits per heavy atom. The Balaban J connectivity index is 1.74. The van der Waals surface area contributed by atoms with Crippen molar-refractivity contribution < 1.29 is 19.3 Å². The zero-order chi connectivity index (χ0) is 22.2. The Bertz CT molecular complexity index is 960. The van der Waals surface area contributed by atoms with E-state index in [0.717, 1.165) is 5.56 Å². The van der Waals surface area contributed by atoms with Crippen molar-refractivity contribution in [3.63, 3.8) is 0 Å². The second-order valence-electron chi connectivity index (χ2n) is 7.45. The van der Waals surface area contributed by atoms with Crippen LogP contribution in [-0.2, 0) is 11.2 Å². The van der Waals surface area contributed by atoms with Crippen LogP contribution in [0.5, 0.6) is 0 Å². The SMILES string of the molecule is CC(C)OC[C@@H](O)CN[C@@H](Cc1ccccc1)c1nc(-c2ccc([N+](=O)[O-])cc2)no1. The van der Waals surface area contributed by atoms with Gasteiger partial charge >= 0.3 is 0 Å². The van der Waals surface area contributed by atoms with Crippen molar-refractivity contribution in [2.24, 2.45) is 0 Å². The second-order valence-corrected chi connectivity index (χ2v) is 7.45. The number of ether oxygens (including phenoxy) is 1. The quantitative estimate of drug-likeness (QED) is 0.354. The highest BCUT2D eigenvalue weighted by Gasteiger charge is 2.21. The zero-order valence-electron chi connectivity index (χ0n) is 17.5. The molecule has 2 N–H and O–H groups in total. The standard InChI is InChI=1S/C22H26N4O5/c1-15(2)30-14-19(27)13-23-20(12-16-6-4-3-5-7-16)22-24-21(25-31-22)17-8-10-18(11-9-17)26(28)29/h3-11,15,19-20,23,27H,12-14H2,1-2H3/t19-,20-/m0/s1. The number of nitro groups is 1. The number of hydrogen-bond acceptors (Lipinski definition) is 8. The Kier molecular flexibility index (Phi) is 7.82. The number of hydrogen-bond donors (Lipinski definition) is 2. The molecule has 2 atom stereocenters. The number of aromatic nitrogens is 2. The summed E-state index contributed by atoms with van der Waals surface area (Å²) < 4.78 is 11.0. The molecule has 0 fully saturated rings. The summed E-state index contributed by atoms with van der Waals surface area (Å²) in [5, 5.41) is 28.4. The first-order valence-electron chi connectivity index (χ1n) is 10.1. The number of aliphatic hydroxyl groups excluding tert-OH is 1. The van der Waals surface area contributed by atoms with Crippen LogP contribution in [0.15, 0.2) is 59.1 Å². The van der Waals surface area contributed by atoms with Crippen LogP contribution < -0.4 is 5.32 Å². The van der Waals surface area contributed by atoms with Crippen LogP contribution in [0.1, 0.15) is 31.3 Å². The average molecular weight is 426 g/mol. The third-order valence-electron chi connectivity index (χ3n) is 4.58. The maximum Gasteiger partial charge on any atom is 0.269 e. The number of nitrogens with zero attached hydrogens (tertiary/aromatic N) is 3. The highest BCUT2D eigenvalue weighted by Crippen LogP contribution is 2.23. The van der Waals surface area contributed by atoms with Crippen LogP contribution in [-0.4, -0.2) is 45.5 Å². The summed E-state index contributed by atoms with van der Waals surface area (Å²) in [5.41, 5.74) is 1.68. The fraction of sp³-hybridized carbons (Fsp3) is 0.364. The van der Waals surface area contributed by atoms with Gasteiger partial charge < -0.3 is 19.7 Å². The number of aliphatic hydroxyl groups is 1. The first-order chi connectivity index (χ1) is 14.9. The van der Waals surface area contributed by atoms with Gasteiger partial charge in [0, 0.05) is 24.2 Å². The molecule has 0 unspecified atom stereocenters. The van der Waals surface area contributed by atoms with E-state index in [1.807, 2.05) is 44.2 Å². The minimum atomic E-state index is -0.683. The molecule has 9 heteroatoms. The van der Waals surface area contributed by atoms with Gasteiger partial charge in [0.2, 0.25) is 11.7 Å². The van der Waals surface area contributed by atoms with E-state index in [1.165, 1.54) is 12.1 Å². The summed E-state index contributed by atoms with van der Waals surface area (Å²) >= 11 is 0. The van der Waals surface area contributed by atoms with Gasteiger partial charge in [-0.05, 0) is 38.0 Å². The fourth-order valence-corrected chi connectivity index (χ4v) is 2.96. The molecule has 9 nitrogen and oxygen atoms in total. The predicted molar refractivity (Wildman–Crippen MR) is 114 cm³/mol. The summed E-state index contributed by atoms with van der Waals surface area (Å²) in [5.74, 6) is 0.711. The molecule has 0 aliphatic rings. The lowest BCUT2D eigenvalue weighted by molar-refractivity contribution is -0.384. The van der Waals surface area contributed by atoms with Crippen molar-refractivity contribution in [2.75, 3.05) is 13.2 Å². The molecule has 164 valence electrons. The molecule has 0 bridgehead atoms. The molecule has 0 amide bonds. The molecule has 0 spiro atoms. The molecule has 0 aliphatic carbocycles. The topological polar surface area (TPSA) is 124 Å². The average Bonchev–Trinajstić information content (AvgIpc) is 3.26. The van der Waals surface area contributed by atoms with Crippen LogP contribution in [0.25, 0.3) is 11.4 Å². The van der Waals surface area contributed by atoms with Crippen molar-refractivity contribution in [1.82, 2.24) is 15.5 Å². The van der Waals surface area contributed by atoms with Gasteiger partial charge in [0.1, 0.15) is 0 Å². The fourth-order valence-electron chi connectivity index (χ4n) is 2.96. The molecule has 0 saturated carbocycles. The molecule has 31 heavy (non-hydrogen) atoms. The van der Waals surface area contributed by atoms with Crippen LogP contribution in [0.3, 0.4) is 0 Å². The van der Waals surface area contributed by atoms with Crippen molar-refractivity contribution in [1.29, 1.82) is 0 Å². The van der Waals surface area contributed by atoms with E-state index in [1.54, 1.807) is 12.1 Å². The number of rotatable bonds is 11. The summed E-state index contributed by atoms with van der Waals surface area (Å²) in [6.45, 7) is 4.34. The number of non-ortho nitro benzene ring substituents is 1. The van der Waals surface area contributed by atoms with Crippen molar-refractivity contribution >= 4 is 5.69 Å². The Hall–Kier alpha value is -3.14. The minimum Gasteiger partial charge on any atom is -0.389 e. The third-order valence-corrected chi connectivity index (χ3v) is 4.58. The van der Waals surface area contributed by atoms with E-state index in [-0.39, 0.29) is 24.4 Å². The summed E-state index contributed by atoms with van der Waals surface area (Å²) in [7, 11) is 0. The van der Waals surface area contributed by atoms with Gasteiger partial charge in [-0.15, -0.1) is 0 Å². The van der Waals surface area contributed by atoms with Gasteiger partial charge in [-0.2, -0.15) is 4.98 Å². The first-order valence-corrected chi connectivity index (χ1v) is 10.1. The molecule has 0 radical (unpaired) electrons. The molecular formula is C22H26N4O5. The Morgan fingerprint density at radius 3 is 2.52 bits per heavy atom. The molecule has 3 rings (SSSR count). The van der Waals surface area contributed by atoms with Gasteiger partial charge in [-0.25, -0.2) is 0 Å². The first kappa shape index (κ1) is 22.5. The van der Waals surface area contributed by atoms with Crippen LogP contribution >= 0.6 is 0 Å². The normalized spacial score (nSPS) is 13.3. The van der Waals surface area contributed by atoms with E-state index in [0.29, 0.717) is 30.2 Å². The largest absolute Gasteiger partial charge is 0.389 e. The number of benzene rings is 2. The zero-order valence-corrected chi connectivity index (χ0v) is 17.5. The smallest absolute Gasteiger partial charge is 0.269 e. The van der Waals surface area contributed by atoms with Gasteiger partial charge in [0.25, 0.3) is 5.69 Å². The Morgan fingerprint density at radius 1 is 1.16 bits per heavy atom. The van der Waals surface area contributed by atoms with Crippen LogP contribution in [0.4, 0.5) is 5.69 Å². The molecule has 0 aliphatic heterocycles. The lowest BCUT2D eigenvalue weighted by atomic mass is 10.1. The maximum atomic E-state index is 10.8. The molecule has 0 saturated heterocycles. The minimum absolute atomic E-state index is 0.00584. The van der Waals surface area contributed by atoms with Gasteiger partial charge in [0.15, 0.2) is 0 Å². The lowest BCUT2D eigenvalue weighted by Gasteiger charge is -2.19. The summed E-state index contributed by atoms with van der Waals surface area (Å²) in [6.07, 6.45) is -0.0618. The molecule has 1 heterocycles. The van der Waals surface area contributed by atoms with Crippen molar-refractivity contribution in [3.8, 4) is 11.4 Å². The Labute approximate surface area is 180 Å². The molecule has 1 aromatic heterocycles. The van der Waals surface area contributed by atoms with E-state index in [4.69, 9.17) is 9.26 Å². The third kappa shape index (κ3) is 6.68. The van der Waals surface area contributed by atoms with E-state index in [2.05, 4.69) is 15.5 Å². The van der Waals surface area contributed by atoms with Crippen molar-refractivity contribution in [2.45, 2.75) is 38.5 Å². The van der Waals surface area contributed by atoms with Gasteiger partial charge in [0.05, 0.1) is 29.8 Å². The highest BCUT2D eigenvalue weighted by molar-refractivity contribution is 5.56. The lowest BCUT2D eigenvalue weighted by Crippen LogP contribution is -2.34. The molecule has 3 aromatic rings. The number of nitrogens with one attached hydrogen (secondary N) is 1. The maximum absolute atomic E-state index is 10.8. The number of nitro benzene ring substituents is 1. The monoisotopic (exact) mass is 426 g/mol. The van der Waals surface area contributed by atoms with Gasteiger partial charge in [-0.3, -0.25) is 10.1 Å². The highest BCUT2D eigenvalue weighted by atomic mass is 16.6. The molecular weight excluding hydrogens is 400 g/mol. The van der Waals surface area contributed by atoms with Gasteiger partial charge in [-0.1, -0.05) is 35.5 Å². The predicted octanol–water partition coefficient (Wildman–Crippen LogP) is 3.30. The van der Waals surface area contributed by atoms with E-state index < -0.39 is 11.0 Å². The van der Waals surface area contributed by atoms with Crippen molar-refractivity contribution in [3.05, 3.63) is 76.2 Å². The van der Waals surface area contributed by atoms with E-state index >= 15 is 0 Å². The second kappa shape index (κ2) is 10.8. The summed E-state index contributed by atoms with van der Waals surface area (Å²) in [6, 6.07) is 15.5. The molecule has 2 aromatic carbocycles. The van der Waals surface area contributed by atoms with Crippen LogP contribution in [0.2, 0.25) is 0 Å². The van der Waals surface area contributed by atoms with E-state index in [9.17, 15) is 15.2 Å². The summed E-state index contributed by atoms with van der Waals surface area (Å²) in [4.78, 5) is 14.9.